The summed E-state index contributed by atoms with van der Waals surface area (Å²) in [5, 5.41) is 10.3. The maximum atomic E-state index is 11.2. The van der Waals surface area contributed by atoms with E-state index in [9.17, 15) is 14.7 Å². The van der Waals surface area contributed by atoms with Gasteiger partial charge in [0.1, 0.15) is 0 Å². The monoisotopic (exact) mass is 229 g/mol. The number of amides is 2. The lowest BCUT2D eigenvalue weighted by Gasteiger charge is -2.21. The van der Waals surface area contributed by atoms with E-state index < -0.39 is 6.29 Å². The minimum atomic E-state index is -1.07. The smallest absolute Gasteiger partial charge is 0.254 e. The molecule has 0 aliphatic carbocycles. The van der Waals surface area contributed by atoms with Gasteiger partial charge in [0, 0.05) is 19.3 Å². The lowest BCUT2D eigenvalue weighted by atomic mass is 9.99. The molecule has 1 fully saturated rings. The fourth-order valence-electron chi connectivity index (χ4n) is 1.75. The van der Waals surface area contributed by atoms with Crippen LogP contribution < -0.4 is 0 Å². The lowest BCUT2D eigenvalue weighted by molar-refractivity contribution is -0.248. The Hall–Kier alpha value is -0.940. The zero-order valence-electron chi connectivity index (χ0n) is 9.81. The van der Waals surface area contributed by atoms with Gasteiger partial charge in [0.15, 0.2) is 6.29 Å². The van der Waals surface area contributed by atoms with E-state index in [0.29, 0.717) is 17.4 Å². The van der Waals surface area contributed by atoms with Crippen molar-refractivity contribution in [1.82, 2.24) is 5.06 Å². The molecule has 1 atom stereocenters. The normalized spacial score (nSPS) is 18.6. The van der Waals surface area contributed by atoms with Crippen LogP contribution in [0.25, 0.3) is 0 Å². The molecule has 1 aliphatic rings. The highest BCUT2D eigenvalue weighted by molar-refractivity contribution is 6.00. The highest BCUT2D eigenvalue weighted by atomic mass is 16.8. The molecule has 16 heavy (non-hydrogen) atoms. The molecule has 0 aromatic rings. The molecule has 0 spiro atoms. The van der Waals surface area contributed by atoms with Gasteiger partial charge in [0.2, 0.25) is 0 Å². The molecule has 5 nitrogen and oxygen atoms in total. The fourth-order valence-corrected chi connectivity index (χ4v) is 1.75. The van der Waals surface area contributed by atoms with Gasteiger partial charge in [-0.1, -0.05) is 26.7 Å². The van der Waals surface area contributed by atoms with Crippen LogP contribution >= 0.6 is 0 Å². The van der Waals surface area contributed by atoms with Crippen LogP contribution in [0.2, 0.25) is 0 Å². The molecule has 1 saturated heterocycles. The van der Waals surface area contributed by atoms with Crippen molar-refractivity contribution >= 4 is 11.8 Å². The topological polar surface area (TPSA) is 66.8 Å². The zero-order chi connectivity index (χ0) is 12.1. The second-order valence-electron chi connectivity index (χ2n) is 4.06. The molecule has 1 aliphatic heterocycles. The molecule has 1 heterocycles. The second kappa shape index (κ2) is 5.96. The van der Waals surface area contributed by atoms with Gasteiger partial charge < -0.3 is 5.11 Å². The van der Waals surface area contributed by atoms with Crippen LogP contribution in [0, 0.1) is 5.92 Å². The minimum absolute atomic E-state index is 0.177. The molecule has 92 valence electrons. The van der Waals surface area contributed by atoms with Gasteiger partial charge in [-0.25, -0.2) is 4.84 Å². The third-order valence-electron chi connectivity index (χ3n) is 2.92. The SMILES string of the molecule is CCC(CC)CC(O)ON1C(=O)CCC1=O. The summed E-state index contributed by atoms with van der Waals surface area (Å²) in [5.41, 5.74) is 0. The Morgan fingerprint density at radius 3 is 2.19 bits per heavy atom. The van der Waals surface area contributed by atoms with E-state index in [-0.39, 0.29) is 24.7 Å². The number of aliphatic hydroxyl groups excluding tert-OH is 1. The molecule has 0 bridgehead atoms. The first kappa shape index (κ1) is 13.1. The van der Waals surface area contributed by atoms with Crippen LogP contribution in [0.5, 0.6) is 0 Å². The first-order valence-electron chi connectivity index (χ1n) is 5.79. The third kappa shape index (κ3) is 3.28. The van der Waals surface area contributed by atoms with E-state index in [0.717, 1.165) is 12.8 Å². The summed E-state index contributed by atoms with van der Waals surface area (Å²) >= 11 is 0. The number of carbonyl (C=O) groups excluding carboxylic acids is 2. The summed E-state index contributed by atoms with van der Waals surface area (Å²) in [7, 11) is 0. The molecular formula is C11H19NO4. The molecule has 1 unspecified atom stereocenters. The van der Waals surface area contributed by atoms with Gasteiger partial charge in [-0.2, -0.15) is 5.06 Å². The Morgan fingerprint density at radius 2 is 1.75 bits per heavy atom. The first-order chi connectivity index (χ1) is 7.58. The average Bonchev–Trinajstić information content (AvgIpc) is 2.57. The molecule has 0 aromatic heterocycles. The first-order valence-corrected chi connectivity index (χ1v) is 5.79. The largest absolute Gasteiger partial charge is 0.366 e. The molecular weight excluding hydrogens is 210 g/mol. The van der Waals surface area contributed by atoms with E-state index in [2.05, 4.69) is 0 Å². The number of hydroxylamine groups is 2. The van der Waals surface area contributed by atoms with Gasteiger partial charge in [-0.3, -0.25) is 9.59 Å². The van der Waals surface area contributed by atoms with Crippen LogP contribution in [0.15, 0.2) is 0 Å². The number of imide groups is 1. The van der Waals surface area contributed by atoms with E-state index >= 15 is 0 Å². The quantitative estimate of drug-likeness (QED) is 0.549. The summed E-state index contributed by atoms with van der Waals surface area (Å²) in [6.07, 6.45) is 1.62. The summed E-state index contributed by atoms with van der Waals surface area (Å²) in [5.74, 6) is -0.384. The van der Waals surface area contributed by atoms with E-state index in [1.54, 1.807) is 0 Å². The highest BCUT2D eigenvalue weighted by Crippen LogP contribution is 2.19. The molecule has 0 radical (unpaired) electrons. The van der Waals surface area contributed by atoms with Crippen molar-refractivity contribution in [2.45, 2.75) is 52.2 Å². The summed E-state index contributed by atoms with van der Waals surface area (Å²) in [4.78, 5) is 27.4. The number of hydrogen-bond acceptors (Lipinski definition) is 4. The van der Waals surface area contributed by atoms with Gasteiger partial charge in [-0.15, -0.1) is 0 Å². The minimum Gasteiger partial charge on any atom is -0.366 e. The molecule has 2 amide bonds. The van der Waals surface area contributed by atoms with Gasteiger partial charge in [-0.05, 0) is 5.92 Å². The molecule has 1 N–H and O–H groups in total. The summed E-state index contributed by atoms with van der Waals surface area (Å²) < 4.78 is 0. The van der Waals surface area contributed by atoms with Crippen molar-refractivity contribution in [1.29, 1.82) is 0 Å². The molecule has 5 heteroatoms. The predicted molar refractivity (Wildman–Crippen MR) is 56.9 cm³/mol. The lowest BCUT2D eigenvalue weighted by Crippen LogP contribution is -2.34. The molecule has 0 aromatic carbocycles. The average molecular weight is 229 g/mol. The second-order valence-corrected chi connectivity index (χ2v) is 4.06. The standard InChI is InChI=1S/C11H19NO4/c1-3-8(4-2)7-11(15)16-12-9(13)5-6-10(12)14/h8,11,15H,3-7H2,1-2H3. The van der Waals surface area contributed by atoms with Crippen LogP contribution in [0.3, 0.4) is 0 Å². The Labute approximate surface area is 95.3 Å². The number of aliphatic hydroxyl groups is 1. The number of rotatable bonds is 6. The van der Waals surface area contributed by atoms with Crippen molar-refractivity contribution in [2.75, 3.05) is 0 Å². The number of nitrogens with zero attached hydrogens (tertiary/aromatic N) is 1. The number of carbonyl (C=O) groups is 2. The number of hydrogen-bond donors (Lipinski definition) is 1. The maximum absolute atomic E-state index is 11.2. The van der Waals surface area contributed by atoms with Crippen molar-refractivity contribution in [3.63, 3.8) is 0 Å². The van der Waals surface area contributed by atoms with Gasteiger partial charge in [0.05, 0.1) is 0 Å². The Morgan fingerprint density at radius 1 is 1.25 bits per heavy atom. The van der Waals surface area contributed by atoms with Crippen molar-refractivity contribution < 1.29 is 19.5 Å². The Bertz CT molecular complexity index is 247. The Kier molecular flexibility index (Phi) is 4.89. The zero-order valence-corrected chi connectivity index (χ0v) is 9.81. The summed E-state index contributed by atoms with van der Waals surface area (Å²) in [6.45, 7) is 4.07. The third-order valence-corrected chi connectivity index (χ3v) is 2.92. The van der Waals surface area contributed by atoms with Crippen molar-refractivity contribution in [3.8, 4) is 0 Å². The Balaban J connectivity index is 2.41. The van der Waals surface area contributed by atoms with Crippen molar-refractivity contribution in [2.24, 2.45) is 5.92 Å². The van der Waals surface area contributed by atoms with Crippen LogP contribution in [0.1, 0.15) is 46.0 Å². The van der Waals surface area contributed by atoms with Crippen LogP contribution in [0.4, 0.5) is 0 Å². The van der Waals surface area contributed by atoms with E-state index in [1.807, 2.05) is 13.8 Å². The highest BCUT2D eigenvalue weighted by Gasteiger charge is 2.32. The predicted octanol–water partition coefficient (Wildman–Crippen LogP) is 1.21. The van der Waals surface area contributed by atoms with Gasteiger partial charge >= 0.3 is 0 Å². The molecule has 0 saturated carbocycles. The van der Waals surface area contributed by atoms with Crippen molar-refractivity contribution in [3.05, 3.63) is 0 Å². The summed E-state index contributed by atoms with van der Waals surface area (Å²) in [6, 6.07) is 0. The van der Waals surface area contributed by atoms with E-state index in [4.69, 9.17) is 4.84 Å². The molecule has 1 rings (SSSR count). The van der Waals surface area contributed by atoms with Gasteiger partial charge in [0.25, 0.3) is 11.8 Å². The van der Waals surface area contributed by atoms with Crippen LogP contribution in [-0.2, 0) is 14.4 Å². The van der Waals surface area contributed by atoms with Crippen LogP contribution in [-0.4, -0.2) is 28.3 Å². The fraction of sp³-hybridized carbons (Fsp3) is 0.818. The maximum Gasteiger partial charge on any atom is 0.254 e. The van der Waals surface area contributed by atoms with E-state index in [1.165, 1.54) is 0 Å².